The number of ether oxygens (including phenoxy) is 1. The van der Waals surface area contributed by atoms with Crippen molar-refractivity contribution in [2.75, 3.05) is 7.05 Å². The number of likely N-dealkylation sites (N-methyl/N-ethyl adjacent to an activating group) is 1. The molecule has 2 aromatic carbocycles. The third-order valence-electron chi connectivity index (χ3n) is 4.65. The van der Waals surface area contributed by atoms with Crippen LogP contribution in [0.2, 0.25) is 0 Å². The SMILES string of the molecule is CCC(Oc1ccc(C)c(C)c1)C(=O)N(C)Cc1nc(-c2ccccc2)no1. The summed E-state index contributed by atoms with van der Waals surface area (Å²) in [4.78, 5) is 18.8. The van der Waals surface area contributed by atoms with Crippen molar-refractivity contribution in [3.63, 3.8) is 0 Å². The van der Waals surface area contributed by atoms with Crippen LogP contribution in [-0.2, 0) is 11.3 Å². The smallest absolute Gasteiger partial charge is 0.263 e. The van der Waals surface area contributed by atoms with Gasteiger partial charge in [-0.3, -0.25) is 4.79 Å². The third-order valence-corrected chi connectivity index (χ3v) is 4.65. The molecule has 0 saturated heterocycles. The highest BCUT2D eigenvalue weighted by Crippen LogP contribution is 2.20. The van der Waals surface area contributed by atoms with Crippen LogP contribution in [-0.4, -0.2) is 34.1 Å². The second-order valence-electron chi connectivity index (χ2n) is 6.83. The second kappa shape index (κ2) is 8.69. The lowest BCUT2D eigenvalue weighted by Gasteiger charge is -2.23. The monoisotopic (exact) mass is 379 g/mol. The van der Waals surface area contributed by atoms with E-state index in [-0.39, 0.29) is 12.5 Å². The van der Waals surface area contributed by atoms with Crippen molar-refractivity contribution in [2.45, 2.75) is 39.8 Å². The summed E-state index contributed by atoms with van der Waals surface area (Å²) in [6, 6.07) is 15.4. The van der Waals surface area contributed by atoms with Gasteiger partial charge in [0, 0.05) is 12.6 Å². The summed E-state index contributed by atoms with van der Waals surface area (Å²) in [5.74, 6) is 1.46. The molecule has 6 nitrogen and oxygen atoms in total. The largest absolute Gasteiger partial charge is 0.481 e. The number of benzene rings is 2. The maximum atomic E-state index is 12.8. The predicted octanol–water partition coefficient (Wildman–Crippen LogP) is 4.17. The highest BCUT2D eigenvalue weighted by atomic mass is 16.5. The Morgan fingerprint density at radius 2 is 1.89 bits per heavy atom. The van der Waals surface area contributed by atoms with Crippen molar-refractivity contribution in [1.29, 1.82) is 0 Å². The first kappa shape index (κ1) is 19.6. The normalized spacial score (nSPS) is 11.9. The lowest BCUT2D eigenvalue weighted by molar-refractivity contribution is -0.138. The van der Waals surface area contributed by atoms with Gasteiger partial charge in [-0.15, -0.1) is 0 Å². The lowest BCUT2D eigenvalue weighted by Crippen LogP contribution is -2.39. The summed E-state index contributed by atoms with van der Waals surface area (Å²) in [5, 5.41) is 3.99. The zero-order valence-corrected chi connectivity index (χ0v) is 16.7. The van der Waals surface area contributed by atoms with Crippen molar-refractivity contribution >= 4 is 5.91 Å². The Hall–Kier alpha value is -3.15. The fourth-order valence-corrected chi connectivity index (χ4v) is 2.81. The first-order valence-corrected chi connectivity index (χ1v) is 9.34. The number of rotatable bonds is 7. The van der Waals surface area contributed by atoms with Gasteiger partial charge in [-0.05, 0) is 43.5 Å². The minimum atomic E-state index is -0.566. The average Bonchev–Trinajstić information content (AvgIpc) is 3.17. The number of aryl methyl sites for hydroxylation is 2. The molecule has 28 heavy (non-hydrogen) atoms. The summed E-state index contributed by atoms with van der Waals surface area (Å²) >= 11 is 0. The first-order valence-electron chi connectivity index (χ1n) is 9.34. The quantitative estimate of drug-likeness (QED) is 0.616. The summed E-state index contributed by atoms with van der Waals surface area (Å²) in [5.41, 5.74) is 3.19. The predicted molar refractivity (Wildman–Crippen MR) is 107 cm³/mol. The van der Waals surface area contributed by atoms with Crippen molar-refractivity contribution in [2.24, 2.45) is 0 Å². The van der Waals surface area contributed by atoms with Gasteiger partial charge in [0.25, 0.3) is 5.91 Å². The van der Waals surface area contributed by atoms with Gasteiger partial charge in [-0.25, -0.2) is 0 Å². The number of hydrogen-bond acceptors (Lipinski definition) is 5. The molecule has 0 saturated carbocycles. The standard InChI is InChI=1S/C22H25N3O3/c1-5-19(27-18-12-11-15(2)16(3)13-18)22(26)25(4)14-20-23-21(24-28-20)17-9-7-6-8-10-17/h6-13,19H,5,14H2,1-4H3. The molecule has 6 heteroatoms. The Balaban J connectivity index is 1.65. The van der Waals surface area contributed by atoms with Gasteiger partial charge in [-0.2, -0.15) is 4.98 Å². The molecule has 0 N–H and O–H groups in total. The van der Waals surface area contributed by atoms with E-state index >= 15 is 0 Å². The summed E-state index contributed by atoms with van der Waals surface area (Å²) in [7, 11) is 1.71. The number of carbonyl (C=O) groups is 1. The lowest BCUT2D eigenvalue weighted by atomic mass is 10.1. The van der Waals surface area contributed by atoms with Crippen LogP contribution in [0.3, 0.4) is 0 Å². The van der Waals surface area contributed by atoms with Crippen molar-refractivity contribution in [3.05, 3.63) is 65.5 Å². The van der Waals surface area contributed by atoms with Crippen molar-refractivity contribution in [3.8, 4) is 17.1 Å². The van der Waals surface area contributed by atoms with Crippen LogP contribution in [0.1, 0.15) is 30.4 Å². The number of nitrogens with zero attached hydrogens (tertiary/aromatic N) is 3. The molecule has 0 fully saturated rings. The molecule has 0 radical (unpaired) electrons. The highest BCUT2D eigenvalue weighted by Gasteiger charge is 2.24. The Labute approximate surface area is 165 Å². The number of aromatic nitrogens is 2. The van der Waals surface area contributed by atoms with E-state index in [2.05, 4.69) is 10.1 Å². The van der Waals surface area contributed by atoms with E-state index in [1.165, 1.54) is 5.56 Å². The van der Waals surface area contributed by atoms with Crippen LogP contribution < -0.4 is 4.74 Å². The van der Waals surface area contributed by atoms with Gasteiger partial charge in [0.2, 0.25) is 11.7 Å². The number of amides is 1. The molecule has 146 valence electrons. The molecular weight excluding hydrogens is 354 g/mol. The van der Waals surface area contributed by atoms with Gasteiger partial charge in [0.05, 0.1) is 6.54 Å². The van der Waals surface area contributed by atoms with E-state index in [9.17, 15) is 4.79 Å². The van der Waals surface area contributed by atoms with Crippen LogP contribution in [0.4, 0.5) is 0 Å². The van der Waals surface area contributed by atoms with E-state index in [0.29, 0.717) is 23.9 Å². The van der Waals surface area contributed by atoms with Crippen molar-refractivity contribution < 1.29 is 14.1 Å². The van der Waals surface area contributed by atoms with Gasteiger partial charge in [-0.1, -0.05) is 48.5 Å². The van der Waals surface area contributed by atoms with E-state index in [1.54, 1.807) is 11.9 Å². The average molecular weight is 379 g/mol. The molecule has 0 spiro atoms. The molecule has 1 unspecified atom stereocenters. The fourth-order valence-electron chi connectivity index (χ4n) is 2.81. The van der Waals surface area contributed by atoms with Gasteiger partial charge >= 0.3 is 0 Å². The summed E-state index contributed by atoms with van der Waals surface area (Å²) < 4.78 is 11.2. The molecule has 0 aliphatic heterocycles. The maximum absolute atomic E-state index is 12.8. The molecule has 0 bridgehead atoms. The second-order valence-corrected chi connectivity index (χ2v) is 6.83. The Bertz CT molecular complexity index is 937. The number of hydrogen-bond donors (Lipinski definition) is 0. The Kier molecular flexibility index (Phi) is 6.09. The summed E-state index contributed by atoms with van der Waals surface area (Å²) in [6.45, 7) is 6.23. The Morgan fingerprint density at radius 1 is 1.14 bits per heavy atom. The first-order chi connectivity index (χ1) is 13.5. The van der Waals surface area contributed by atoms with Crippen LogP contribution in [0, 0.1) is 13.8 Å². The van der Waals surface area contributed by atoms with E-state index in [0.717, 1.165) is 11.1 Å². The minimum Gasteiger partial charge on any atom is -0.481 e. The van der Waals surface area contributed by atoms with Gasteiger partial charge in [0.15, 0.2) is 6.10 Å². The Morgan fingerprint density at radius 3 is 2.57 bits per heavy atom. The molecule has 0 aliphatic rings. The van der Waals surface area contributed by atoms with E-state index in [1.807, 2.05) is 69.3 Å². The minimum absolute atomic E-state index is 0.125. The summed E-state index contributed by atoms with van der Waals surface area (Å²) in [6.07, 6.45) is -0.00141. The van der Waals surface area contributed by atoms with Crippen LogP contribution in [0.5, 0.6) is 5.75 Å². The molecule has 1 aromatic heterocycles. The maximum Gasteiger partial charge on any atom is 0.263 e. The molecule has 1 heterocycles. The zero-order chi connectivity index (χ0) is 20.1. The van der Waals surface area contributed by atoms with Crippen molar-refractivity contribution in [1.82, 2.24) is 15.0 Å². The fraction of sp³-hybridized carbons (Fsp3) is 0.318. The number of carbonyl (C=O) groups excluding carboxylic acids is 1. The highest BCUT2D eigenvalue weighted by molar-refractivity contribution is 5.81. The molecule has 3 aromatic rings. The molecule has 0 aliphatic carbocycles. The molecular formula is C22H25N3O3. The van der Waals surface area contributed by atoms with Crippen LogP contribution >= 0.6 is 0 Å². The topological polar surface area (TPSA) is 68.5 Å². The molecule has 3 rings (SSSR count). The van der Waals surface area contributed by atoms with Gasteiger partial charge < -0.3 is 14.2 Å². The molecule has 1 atom stereocenters. The van der Waals surface area contributed by atoms with E-state index < -0.39 is 6.10 Å². The third kappa shape index (κ3) is 4.57. The molecule has 1 amide bonds. The van der Waals surface area contributed by atoms with Crippen LogP contribution in [0.15, 0.2) is 53.1 Å². The zero-order valence-electron chi connectivity index (χ0n) is 16.7. The van der Waals surface area contributed by atoms with Crippen LogP contribution in [0.25, 0.3) is 11.4 Å². The van der Waals surface area contributed by atoms with E-state index in [4.69, 9.17) is 9.26 Å². The van der Waals surface area contributed by atoms with Gasteiger partial charge in [0.1, 0.15) is 5.75 Å².